The minimum atomic E-state index is -0.274. The largest absolute Gasteiger partial charge is 0.466 e. The number of aromatic nitrogens is 1. The summed E-state index contributed by atoms with van der Waals surface area (Å²) in [6, 6.07) is 1.59. The number of hydrogen-bond donors (Lipinski definition) is 1. The highest BCUT2D eigenvalue weighted by Gasteiger charge is 2.06. The second-order valence-corrected chi connectivity index (χ2v) is 3.82. The molecule has 19 heavy (non-hydrogen) atoms. The molecule has 7 heteroatoms. The van der Waals surface area contributed by atoms with E-state index in [1.54, 1.807) is 19.9 Å². The SMILES string of the molecule is CCOC(=O)CCCNC(=O)COc1cc(C)on1. The van der Waals surface area contributed by atoms with Crippen molar-refractivity contribution in [3.8, 4) is 5.88 Å². The molecule has 1 aromatic heterocycles. The van der Waals surface area contributed by atoms with Gasteiger partial charge in [-0.1, -0.05) is 0 Å². The van der Waals surface area contributed by atoms with Gasteiger partial charge >= 0.3 is 5.97 Å². The first-order valence-electron chi connectivity index (χ1n) is 6.10. The van der Waals surface area contributed by atoms with Crippen LogP contribution >= 0.6 is 0 Å². The van der Waals surface area contributed by atoms with Gasteiger partial charge in [0.1, 0.15) is 5.76 Å². The molecule has 106 valence electrons. The van der Waals surface area contributed by atoms with Gasteiger partial charge in [0.05, 0.1) is 6.61 Å². The first-order chi connectivity index (χ1) is 9.11. The van der Waals surface area contributed by atoms with E-state index in [0.717, 1.165) is 0 Å². The second-order valence-electron chi connectivity index (χ2n) is 3.82. The molecule has 0 bridgehead atoms. The van der Waals surface area contributed by atoms with E-state index in [0.29, 0.717) is 25.3 Å². The summed E-state index contributed by atoms with van der Waals surface area (Å²) in [6.07, 6.45) is 0.825. The van der Waals surface area contributed by atoms with Gasteiger partial charge in [0, 0.05) is 19.0 Å². The summed E-state index contributed by atoms with van der Waals surface area (Å²) in [7, 11) is 0. The first-order valence-corrected chi connectivity index (χ1v) is 6.10. The lowest BCUT2D eigenvalue weighted by Crippen LogP contribution is -2.30. The number of carbonyl (C=O) groups is 2. The van der Waals surface area contributed by atoms with Crippen molar-refractivity contribution in [1.82, 2.24) is 10.5 Å². The van der Waals surface area contributed by atoms with Crippen LogP contribution in [0.15, 0.2) is 10.6 Å². The van der Waals surface area contributed by atoms with Crippen LogP contribution in [-0.2, 0) is 14.3 Å². The number of nitrogens with one attached hydrogen (secondary N) is 1. The van der Waals surface area contributed by atoms with Gasteiger partial charge in [-0.25, -0.2) is 0 Å². The minimum Gasteiger partial charge on any atom is -0.466 e. The summed E-state index contributed by atoms with van der Waals surface area (Å²) >= 11 is 0. The molecule has 0 aromatic carbocycles. The number of carbonyl (C=O) groups excluding carboxylic acids is 2. The van der Waals surface area contributed by atoms with Gasteiger partial charge in [-0.05, 0) is 25.4 Å². The molecule has 0 unspecified atom stereocenters. The number of hydrogen-bond acceptors (Lipinski definition) is 6. The Hall–Kier alpha value is -2.05. The lowest BCUT2D eigenvalue weighted by molar-refractivity contribution is -0.143. The van der Waals surface area contributed by atoms with E-state index in [4.69, 9.17) is 14.0 Å². The van der Waals surface area contributed by atoms with Gasteiger partial charge in [-0.3, -0.25) is 9.59 Å². The number of rotatable bonds is 8. The van der Waals surface area contributed by atoms with Crippen molar-refractivity contribution in [2.75, 3.05) is 19.8 Å². The fourth-order valence-corrected chi connectivity index (χ4v) is 1.30. The van der Waals surface area contributed by atoms with Crippen LogP contribution in [0.3, 0.4) is 0 Å². The normalized spacial score (nSPS) is 10.0. The number of ether oxygens (including phenoxy) is 2. The Morgan fingerprint density at radius 2 is 2.26 bits per heavy atom. The van der Waals surface area contributed by atoms with E-state index >= 15 is 0 Å². The predicted molar refractivity (Wildman–Crippen MR) is 65.6 cm³/mol. The van der Waals surface area contributed by atoms with Gasteiger partial charge in [0.25, 0.3) is 11.8 Å². The summed E-state index contributed by atoms with van der Waals surface area (Å²) in [5.74, 6) is 0.361. The van der Waals surface area contributed by atoms with Crippen LogP contribution in [0.1, 0.15) is 25.5 Å². The molecule has 1 N–H and O–H groups in total. The maximum absolute atomic E-state index is 11.4. The van der Waals surface area contributed by atoms with Crippen molar-refractivity contribution in [1.29, 1.82) is 0 Å². The van der Waals surface area contributed by atoms with Crippen LogP contribution in [0.4, 0.5) is 0 Å². The zero-order valence-corrected chi connectivity index (χ0v) is 11.1. The van der Waals surface area contributed by atoms with Gasteiger partial charge < -0.3 is 19.3 Å². The highest BCUT2D eigenvalue weighted by molar-refractivity contribution is 5.77. The van der Waals surface area contributed by atoms with E-state index in [9.17, 15) is 9.59 Å². The van der Waals surface area contributed by atoms with E-state index in [1.165, 1.54) is 0 Å². The van der Waals surface area contributed by atoms with Crippen LogP contribution in [-0.4, -0.2) is 36.8 Å². The highest BCUT2D eigenvalue weighted by Crippen LogP contribution is 2.09. The predicted octanol–water partition coefficient (Wildman–Crippen LogP) is 0.821. The molecule has 0 aliphatic heterocycles. The number of aryl methyl sites for hydroxylation is 1. The molecule has 0 fully saturated rings. The minimum absolute atomic E-state index is 0.134. The van der Waals surface area contributed by atoms with Crippen molar-refractivity contribution in [2.24, 2.45) is 0 Å². The van der Waals surface area contributed by atoms with Crippen molar-refractivity contribution in [3.63, 3.8) is 0 Å². The fraction of sp³-hybridized carbons (Fsp3) is 0.583. The zero-order valence-electron chi connectivity index (χ0n) is 11.1. The van der Waals surface area contributed by atoms with Gasteiger partial charge in [-0.2, -0.15) is 0 Å². The zero-order chi connectivity index (χ0) is 14.1. The van der Waals surface area contributed by atoms with Crippen LogP contribution in [0.5, 0.6) is 5.88 Å². The molecule has 0 saturated heterocycles. The van der Waals surface area contributed by atoms with Crippen molar-refractivity contribution in [3.05, 3.63) is 11.8 Å². The Kier molecular flexibility index (Phi) is 6.42. The number of amides is 1. The second kappa shape index (κ2) is 8.12. The third-order valence-corrected chi connectivity index (χ3v) is 2.14. The van der Waals surface area contributed by atoms with E-state index in [2.05, 4.69) is 10.5 Å². The summed E-state index contributed by atoms with van der Waals surface area (Å²) in [4.78, 5) is 22.4. The summed E-state index contributed by atoms with van der Waals surface area (Å²) in [5.41, 5.74) is 0. The topological polar surface area (TPSA) is 90.7 Å². The molecular formula is C12H18N2O5. The lowest BCUT2D eigenvalue weighted by Gasteiger charge is -2.05. The van der Waals surface area contributed by atoms with Crippen LogP contribution in [0, 0.1) is 6.92 Å². The Morgan fingerprint density at radius 1 is 1.47 bits per heavy atom. The molecule has 0 atom stereocenters. The standard InChI is InChI=1S/C12H18N2O5/c1-3-17-12(16)5-4-6-13-10(15)8-18-11-7-9(2)19-14-11/h7H,3-6,8H2,1-2H3,(H,13,15). The van der Waals surface area contributed by atoms with Gasteiger partial charge in [-0.15, -0.1) is 0 Å². The third-order valence-electron chi connectivity index (χ3n) is 2.14. The maximum Gasteiger partial charge on any atom is 0.305 e. The van der Waals surface area contributed by atoms with Crippen LogP contribution < -0.4 is 10.1 Å². The van der Waals surface area contributed by atoms with Crippen molar-refractivity contribution >= 4 is 11.9 Å². The van der Waals surface area contributed by atoms with Crippen molar-refractivity contribution in [2.45, 2.75) is 26.7 Å². The maximum atomic E-state index is 11.4. The summed E-state index contributed by atoms with van der Waals surface area (Å²) < 4.78 is 14.6. The Bertz CT molecular complexity index is 416. The Labute approximate surface area is 111 Å². The average molecular weight is 270 g/mol. The van der Waals surface area contributed by atoms with Crippen LogP contribution in [0.25, 0.3) is 0 Å². The monoisotopic (exact) mass is 270 g/mol. The average Bonchev–Trinajstić information content (AvgIpc) is 2.78. The third kappa shape index (κ3) is 6.44. The molecule has 1 amide bonds. The van der Waals surface area contributed by atoms with E-state index < -0.39 is 0 Å². The molecule has 0 radical (unpaired) electrons. The molecule has 0 spiro atoms. The molecule has 7 nitrogen and oxygen atoms in total. The quantitative estimate of drug-likeness (QED) is 0.555. The smallest absolute Gasteiger partial charge is 0.305 e. The van der Waals surface area contributed by atoms with Gasteiger partial charge in [0.15, 0.2) is 6.61 Å². The first kappa shape index (κ1) is 15.0. The number of nitrogens with zero attached hydrogens (tertiary/aromatic N) is 1. The van der Waals surface area contributed by atoms with Crippen molar-refractivity contribution < 1.29 is 23.6 Å². The highest BCUT2D eigenvalue weighted by atomic mass is 16.5. The fourth-order valence-electron chi connectivity index (χ4n) is 1.30. The lowest BCUT2D eigenvalue weighted by atomic mass is 10.3. The van der Waals surface area contributed by atoms with Gasteiger partial charge in [0.2, 0.25) is 0 Å². The van der Waals surface area contributed by atoms with E-state index in [-0.39, 0.29) is 30.8 Å². The molecule has 1 aromatic rings. The number of esters is 1. The summed E-state index contributed by atoms with van der Waals surface area (Å²) in [5, 5.41) is 6.22. The molecule has 1 rings (SSSR count). The Morgan fingerprint density at radius 3 is 2.89 bits per heavy atom. The molecule has 0 aliphatic rings. The van der Waals surface area contributed by atoms with Crippen LogP contribution in [0.2, 0.25) is 0 Å². The Balaban J connectivity index is 2.06. The molecule has 0 saturated carbocycles. The molecular weight excluding hydrogens is 252 g/mol. The molecule has 1 heterocycles. The van der Waals surface area contributed by atoms with E-state index in [1.807, 2.05) is 0 Å². The molecule has 0 aliphatic carbocycles. The summed E-state index contributed by atoms with van der Waals surface area (Å²) in [6.45, 7) is 4.12.